The number of hydrogen-bond donors (Lipinski definition) is 0. The zero-order valence-corrected chi connectivity index (χ0v) is 27.0. The second kappa shape index (κ2) is 10.4. The van der Waals surface area contributed by atoms with Crippen LogP contribution >= 0.6 is 0 Å². The normalized spacial score (nSPS) is 12.0. The number of para-hydroxylation sites is 2. The molecule has 0 amide bonds. The first-order valence-electron chi connectivity index (χ1n) is 17.0. The molecule has 4 heteroatoms. The Balaban J connectivity index is 1.26. The lowest BCUT2D eigenvalue weighted by atomic mass is 10.1. The van der Waals surface area contributed by atoms with Crippen LogP contribution < -0.4 is 0 Å². The zero-order valence-electron chi connectivity index (χ0n) is 27.0. The molecule has 0 aliphatic carbocycles. The lowest BCUT2D eigenvalue weighted by molar-refractivity contribution is 1.07. The molecule has 11 aromatic rings. The highest BCUT2D eigenvalue weighted by Crippen LogP contribution is 2.40. The lowest BCUT2D eigenvalue weighted by Gasteiger charge is -2.13. The predicted molar refractivity (Wildman–Crippen MR) is 209 cm³/mol. The molecule has 0 bridgehead atoms. The Labute approximate surface area is 287 Å². The molecule has 11 rings (SSSR count). The van der Waals surface area contributed by atoms with Gasteiger partial charge >= 0.3 is 0 Å². The van der Waals surface area contributed by atoms with Gasteiger partial charge in [0.1, 0.15) is 5.82 Å². The Morgan fingerprint density at radius 2 is 0.880 bits per heavy atom. The number of nitrogens with zero attached hydrogens (tertiary/aromatic N) is 4. The van der Waals surface area contributed by atoms with Crippen LogP contribution in [0.2, 0.25) is 0 Å². The van der Waals surface area contributed by atoms with Gasteiger partial charge in [0, 0.05) is 38.2 Å². The first-order chi connectivity index (χ1) is 24.8. The summed E-state index contributed by atoms with van der Waals surface area (Å²) >= 11 is 0. The van der Waals surface area contributed by atoms with Gasteiger partial charge in [0.15, 0.2) is 5.82 Å². The van der Waals surface area contributed by atoms with E-state index in [9.17, 15) is 0 Å². The third kappa shape index (κ3) is 3.93. The standard InChI is InChI=1S/C46H28N4/c1-2-12-29(13-3-1)45-47-40-20-10-8-19-36(40)46(48-45)50-42-23-22-34(28-39(42)38-25-31-15-5-7-17-33(31)27-44(38)50)49-41-21-11-9-18-35(41)37-24-30-14-4-6-16-32(30)26-43(37)49/h1-28H. The molecule has 3 heterocycles. The minimum absolute atomic E-state index is 0.712. The fraction of sp³-hybridized carbons (Fsp3) is 0. The Morgan fingerprint density at radius 1 is 0.340 bits per heavy atom. The van der Waals surface area contributed by atoms with E-state index in [1.165, 1.54) is 54.1 Å². The van der Waals surface area contributed by atoms with Crippen molar-refractivity contribution in [1.29, 1.82) is 0 Å². The van der Waals surface area contributed by atoms with Crippen molar-refractivity contribution < 1.29 is 0 Å². The van der Waals surface area contributed by atoms with Gasteiger partial charge in [-0.15, -0.1) is 0 Å². The molecule has 0 atom stereocenters. The van der Waals surface area contributed by atoms with Crippen molar-refractivity contribution in [2.24, 2.45) is 0 Å². The van der Waals surface area contributed by atoms with Crippen molar-refractivity contribution in [3.8, 4) is 22.9 Å². The average Bonchev–Trinajstić information content (AvgIpc) is 3.67. The fourth-order valence-corrected chi connectivity index (χ4v) is 7.94. The van der Waals surface area contributed by atoms with E-state index < -0.39 is 0 Å². The van der Waals surface area contributed by atoms with E-state index in [4.69, 9.17) is 9.97 Å². The molecule has 8 aromatic carbocycles. The smallest absolute Gasteiger partial charge is 0.162 e. The number of aromatic nitrogens is 4. The van der Waals surface area contributed by atoms with Crippen LogP contribution in [0, 0.1) is 0 Å². The molecule has 0 aliphatic rings. The summed E-state index contributed by atoms with van der Waals surface area (Å²) in [5, 5.41) is 10.8. The van der Waals surface area contributed by atoms with E-state index in [-0.39, 0.29) is 0 Å². The first-order valence-corrected chi connectivity index (χ1v) is 17.0. The number of rotatable bonds is 3. The van der Waals surface area contributed by atoms with Crippen molar-refractivity contribution in [3.63, 3.8) is 0 Å². The molecule has 3 aromatic heterocycles. The van der Waals surface area contributed by atoms with Crippen LogP contribution in [0.4, 0.5) is 0 Å². The largest absolute Gasteiger partial charge is 0.309 e. The van der Waals surface area contributed by atoms with E-state index in [0.29, 0.717) is 5.82 Å². The highest BCUT2D eigenvalue weighted by Gasteiger charge is 2.20. The van der Waals surface area contributed by atoms with Crippen molar-refractivity contribution in [1.82, 2.24) is 19.1 Å². The van der Waals surface area contributed by atoms with Crippen molar-refractivity contribution in [2.45, 2.75) is 0 Å². The van der Waals surface area contributed by atoms with Crippen LogP contribution in [0.3, 0.4) is 0 Å². The lowest BCUT2D eigenvalue weighted by Crippen LogP contribution is -2.03. The molecule has 0 radical (unpaired) electrons. The fourth-order valence-electron chi connectivity index (χ4n) is 7.94. The van der Waals surface area contributed by atoms with E-state index in [0.717, 1.165) is 39.0 Å². The van der Waals surface area contributed by atoms with Crippen molar-refractivity contribution in [2.75, 3.05) is 0 Å². The Morgan fingerprint density at radius 3 is 1.62 bits per heavy atom. The van der Waals surface area contributed by atoms with Gasteiger partial charge in [-0.05, 0) is 82.2 Å². The van der Waals surface area contributed by atoms with E-state index in [1.807, 2.05) is 18.2 Å². The van der Waals surface area contributed by atoms with Gasteiger partial charge < -0.3 is 4.57 Å². The average molecular weight is 637 g/mol. The molecule has 0 saturated heterocycles. The van der Waals surface area contributed by atoms with Gasteiger partial charge in [-0.1, -0.05) is 109 Å². The highest BCUT2D eigenvalue weighted by molar-refractivity contribution is 6.16. The summed E-state index contributed by atoms with van der Waals surface area (Å²) in [6.45, 7) is 0. The van der Waals surface area contributed by atoms with Crippen LogP contribution in [0.25, 0.3) is 99.0 Å². The van der Waals surface area contributed by atoms with Crippen molar-refractivity contribution >= 4 is 76.1 Å². The van der Waals surface area contributed by atoms with Gasteiger partial charge in [0.25, 0.3) is 0 Å². The highest BCUT2D eigenvalue weighted by atomic mass is 15.1. The Bertz CT molecular complexity index is 3150. The van der Waals surface area contributed by atoms with E-state index in [2.05, 4.69) is 161 Å². The minimum atomic E-state index is 0.712. The molecule has 50 heavy (non-hydrogen) atoms. The van der Waals surface area contributed by atoms with Gasteiger partial charge in [0.2, 0.25) is 0 Å². The molecule has 0 saturated carbocycles. The van der Waals surface area contributed by atoms with Gasteiger partial charge in [-0.2, -0.15) is 0 Å². The van der Waals surface area contributed by atoms with Gasteiger partial charge in [-0.3, -0.25) is 4.57 Å². The summed E-state index contributed by atoms with van der Waals surface area (Å²) in [6.07, 6.45) is 0. The summed E-state index contributed by atoms with van der Waals surface area (Å²) in [5.41, 5.74) is 7.66. The quantitative estimate of drug-likeness (QED) is 0.193. The second-order valence-electron chi connectivity index (χ2n) is 13.1. The number of benzene rings is 8. The predicted octanol–water partition coefficient (Wildman–Crippen LogP) is 11.8. The Hall–Kier alpha value is -6.78. The topological polar surface area (TPSA) is 35.6 Å². The Kier molecular flexibility index (Phi) is 5.63. The maximum absolute atomic E-state index is 5.32. The molecule has 0 unspecified atom stereocenters. The summed E-state index contributed by atoms with van der Waals surface area (Å²) < 4.78 is 4.77. The van der Waals surface area contributed by atoms with Crippen LogP contribution in [-0.2, 0) is 0 Å². The van der Waals surface area contributed by atoms with Crippen LogP contribution in [-0.4, -0.2) is 19.1 Å². The summed E-state index contributed by atoms with van der Waals surface area (Å²) in [7, 11) is 0. The molecular formula is C46H28N4. The van der Waals surface area contributed by atoms with Crippen LogP contribution in [0.1, 0.15) is 0 Å². The third-order valence-corrected chi connectivity index (χ3v) is 10.2. The molecule has 0 fully saturated rings. The van der Waals surface area contributed by atoms with Gasteiger partial charge in [-0.25, -0.2) is 9.97 Å². The first kappa shape index (κ1) is 27.2. The summed E-state index contributed by atoms with van der Waals surface area (Å²) in [4.78, 5) is 10.3. The minimum Gasteiger partial charge on any atom is -0.309 e. The zero-order chi connectivity index (χ0) is 32.8. The molecular weight excluding hydrogens is 609 g/mol. The van der Waals surface area contributed by atoms with E-state index >= 15 is 0 Å². The van der Waals surface area contributed by atoms with Crippen LogP contribution in [0.15, 0.2) is 170 Å². The number of fused-ring (bicyclic) bond motifs is 9. The molecule has 4 nitrogen and oxygen atoms in total. The maximum Gasteiger partial charge on any atom is 0.162 e. The molecule has 0 N–H and O–H groups in total. The monoisotopic (exact) mass is 636 g/mol. The van der Waals surface area contributed by atoms with E-state index in [1.54, 1.807) is 0 Å². The third-order valence-electron chi connectivity index (χ3n) is 10.2. The molecule has 0 aliphatic heterocycles. The SMILES string of the molecule is c1ccc(-c2nc(-n3c4ccc(-n5c6ccccc6c6cc7ccccc7cc65)cc4c4cc5ccccc5cc43)c3ccccc3n2)cc1. The van der Waals surface area contributed by atoms with Gasteiger partial charge in [0.05, 0.1) is 27.6 Å². The summed E-state index contributed by atoms with van der Waals surface area (Å²) in [6, 6.07) is 60.9. The van der Waals surface area contributed by atoms with Crippen molar-refractivity contribution in [3.05, 3.63) is 170 Å². The maximum atomic E-state index is 5.32. The summed E-state index contributed by atoms with van der Waals surface area (Å²) in [5.74, 6) is 1.59. The van der Waals surface area contributed by atoms with Crippen LogP contribution in [0.5, 0.6) is 0 Å². The molecule has 232 valence electrons. The molecule has 0 spiro atoms. The number of hydrogen-bond acceptors (Lipinski definition) is 2. The second-order valence-corrected chi connectivity index (χ2v) is 13.1.